The molecular formula is C22H22N4O4S. The Morgan fingerprint density at radius 1 is 1.32 bits per heavy atom. The fourth-order valence-corrected chi connectivity index (χ4v) is 5.64. The van der Waals surface area contributed by atoms with E-state index in [9.17, 15) is 9.59 Å². The lowest BCUT2D eigenvalue weighted by atomic mass is 9.81. The van der Waals surface area contributed by atoms with Gasteiger partial charge in [0.05, 0.1) is 23.4 Å². The molecule has 0 saturated heterocycles. The Bertz CT molecular complexity index is 1420. The molecule has 0 amide bonds. The van der Waals surface area contributed by atoms with Crippen LogP contribution in [0.3, 0.4) is 0 Å². The van der Waals surface area contributed by atoms with E-state index in [0.717, 1.165) is 22.5 Å². The summed E-state index contributed by atoms with van der Waals surface area (Å²) in [6, 6.07) is 6.89. The van der Waals surface area contributed by atoms with E-state index in [-0.39, 0.29) is 5.56 Å². The molecule has 2 aliphatic heterocycles. The normalized spacial score (nSPS) is 24.1. The fourth-order valence-electron chi connectivity index (χ4n) is 4.56. The van der Waals surface area contributed by atoms with Crippen molar-refractivity contribution < 1.29 is 14.3 Å². The van der Waals surface area contributed by atoms with Gasteiger partial charge < -0.3 is 9.47 Å². The third-order valence-corrected chi connectivity index (χ3v) is 7.16. The number of benzene rings is 1. The lowest BCUT2D eigenvalue weighted by Gasteiger charge is -2.44. The summed E-state index contributed by atoms with van der Waals surface area (Å²) in [5, 5.41) is 4.44. The van der Waals surface area contributed by atoms with Gasteiger partial charge in [-0.05, 0) is 32.9 Å². The molecule has 31 heavy (non-hydrogen) atoms. The van der Waals surface area contributed by atoms with Crippen LogP contribution in [-0.2, 0) is 16.6 Å². The van der Waals surface area contributed by atoms with Crippen LogP contribution < -0.4 is 19.6 Å². The Balaban J connectivity index is 1.82. The first-order valence-corrected chi connectivity index (χ1v) is 10.8. The first-order chi connectivity index (χ1) is 14.7. The van der Waals surface area contributed by atoms with Gasteiger partial charge >= 0.3 is 5.97 Å². The van der Waals surface area contributed by atoms with E-state index in [1.807, 2.05) is 51.2 Å². The molecular weight excluding hydrogens is 416 g/mol. The molecule has 8 nitrogen and oxygen atoms in total. The number of methoxy groups -OCH3 is 1. The van der Waals surface area contributed by atoms with Crippen molar-refractivity contribution in [2.45, 2.75) is 32.5 Å². The maximum absolute atomic E-state index is 13.6. The molecule has 5 rings (SSSR count). The second-order valence-corrected chi connectivity index (χ2v) is 9.04. The number of hydrogen-bond acceptors (Lipinski definition) is 7. The van der Waals surface area contributed by atoms with Crippen molar-refractivity contribution >= 4 is 23.4 Å². The van der Waals surface area contributed by atoms with E-state index in [1.165, 1.54) is 18.4 Å². The summed E-state index contributed by atoms with van der Waals surface area (Å²) in [6.07, 6.45) is 1.86. The minimum absolute atomic E-state index is 0.191. The molecule has 2 aliphatic rings. The van der Waals surface area contributed by atoms with Crippen LogP contribution in [0.15, 0.2) is 34.1 Å². The summed E-state index contributed by atoms with van der Waals surface area (Å²) in [5.41, 5.74) is 2.14. The van der Waals surface area contributed by atoms with Gasteiger partial charge in [-0.15, -0.1) is 0 Å². The summed E-state index contributed by atoms with van der Waals surface area (Å²) < 4.78 is 15.2. The zero-order chi connectivity index (χ0) is 22.1. The van der Waals surface area contributed by atoms with Crippen molar-refractivity contribution in [3.8, 4) is 5.75 Å². The number of hydrogen-bond donors (Lipinski definition) is 0. The average Bonchev–Trinajstić information content (AvgIpc) is 3.16. The molecule has 0 radical (unpaired) electrons. The molecule has 9 heteroatoms. The lowest BCUT2D eigenvalue weighted by Crippen LogP contribution is -2.58. The second-order valence-electron chi connectivity index (χ2n) is 8.03. The quantitative estimate of drug-likeness (QED) is 0.562. The van der Waals surface area contributed by atoms with E-state index in [2.05, 4.69) is 5.10 Å². The van der Waals surface area contributed by atoms with E-state index >= 15 is 0 Å². The molecule has 0 fully saturated rings. The van der Waals surface area contributed by atoms with E-state index in [4.69, 9.17) is 14.5 Å². The van der Waals surface area contributed by atoms with Gasteiger partial charge in [-0.3, -0.25) is 18.8 Å². The van der Waals surface area contributed by atoms with Crippen LogP contribution in [-0.4, -0.2) is 33.2 Å². The molecule has 3 aromatic rings. The van der Waals surface area contributed by atoms with Crippen molar-refractivity contribution in [2.75, 3.05) is 7.11 Å². The first-order valence-electron chi connectivity index (χ1n) is 9.94. The van der Waals surface area contributed by atoms with Crippen molar-refractivity contribution in [3.05, 3.63) is 66.5 Å². The molecule has 0 aliphatic carbocycles. The highest BCUT2D eigenvalue weighted by Crippen LogP contribution is 2.47. The minimum Gasteiger partial charge on any atom is -0.469 e. The van der Waals surface area contributed by atoms with Crippen molar-refractivity contribution in [1.82, 2.24) is 14.3 Å². The smallest absolute Gasteiger partial charge is 0.317 e. The van der Waals surface area contributed by atoms with Crippen LogP contribution in [0.5, 0.6) is 5.75 Å². The molecule has 2 aromatic heterocycles. The highest BCUT2D eigenvalue weighted by molar-refractivity contribution is 7.07. The van der Waals surface area contributed by atoms with Crippen LogP contribution >= 0.6 is 11.3 Å². The largest absolute Gasteiger partial charge is 0.469 e. The highest BCUT2D eigenvalue weighted by Gasteiger charge is 2.55. The van der Waals surface area contributed by atoms with Crippen LogP contribution in [0.4, 0.5) is 0 Å². The lowest BCUT2D eigenvalue weighted by molar-refractivity contribution is -0.158. The number of para-hydroxylation sites is 1. The molecule has 4 heterocycles. The number of thiazole rings is 1. The van der Waals surface area contributed by atoms with Crippen LogP contribution in [0.25, 0.3) is 6.08 Å². The molecule has 2 bridgehead atoms. The molecule has 0 saturated carbocycles. The number of carbonyl (C=O) groups is 1. The molecule has 0 N–H and O–H groups in total. The zero-order valence-corrected chi connectivity index (χ0v) is 18.7. The number of carbonyl (C=O) groups excluding carboxylic acids is 1. The SMILES string of the molecule is COC(=O)[C@H]1[C@H]2c3ccccc3O[C@@]1(C)N=c1s/c(=C\c3c(C)nn(C)c3C)c(=O)n12. The minimum atomic E-state index is -1.17. The highest BCUT2D eigenvalue weighted by atomic mass is 32.1. The second kappa shape index (κ2) is 6.65. The van der Waals surface area contributed by atoms with Gasteiger partial charge in [-0.25, -0.2) is 4.99 Å². The van der Waals surface area contributed by atoms with E-state index in [1.54, 1.807) is 16.2 Å². The van der Waals surface area contributed by atoms with Crippen LogP contribution in [0.2, 0.25) is 0 Å². The fraction of sp³-hybridized carbons (Fsp3) is 0.364. The van der Waals surface area contributed by atoms with E-state index < -0.39 is 23.7 Å². The molecule has 0 unspecified atom stereocenters. The topological polar surface area (TPSA) is 87.7 Å². The maximum Gasteiger partial charge on any atom is 0.317 e. The van der Waals surface area contributed by atoms with Crippen molar-refractivity contribution in [1.29, 1.82) is 0 Å². The summed E-state index contributed by atoms with van der Waals surface area (Å²) in [6.45, 7) is 5.65. The van der Waals surface area contributed by atoms with Gasteiger partial charge in [0.15, 0.2) is 4.80 Å². The third-order valence-electron chi connectivity index (χ3n) is 6.18. The number of fused-ring (bicyclic) bond motifs is 6. The van der Waals surface area contributed by atoms with Gasteiger partial charge in [-0.2, -0.15) is 5.10 Å². The first kappa shape index (κ1) is 19.7. The Hall–Kier alpha value is -3.20. The average molecular weight is 439 g/mol. The molecule has 160 valence electrons. The third kappa shape index (κ3) is 2.72. The standard InChI is InChI=1S/C22H22N4O4S/c1-11-14(12(2)25(4)24-11)10-16-19(27)26-18-13-8-6-7-9-15(13)30-22(3,23-21(26)31-16)17(18)20(28)29-5/h6-10,17-18H,1-5H3/b16-10-/t17-,18-,22-/m1/s1. The Labute approximate surface area is 182 Å². The van der Waals surface area contributed by atoms with Gasteiger partial charge in [0.25, 0.3) is 5.56 Å². The van der Waals surface area contributed by atoms with E-state index in [0.29, 0.717) is 15.1 Å². The zero-order valence-electron chi connectivity index (χ0n) is 17.9. The maximum atomic E-state index is 13.6. The number of rotatable bonds is 2. The van der Waals surface area contributed by atoms with Gasteiger partial charge in [0.2, 0.25) is 5.72 Å². The van der Waals surface area contributed by atoms with Gasteiger partial charge in [0.1, 0.15) is 11.7 Å². The summed E-state index contributed by atoms with van der Waals surface area (Å²) in [7, 11) is 3.22. The Morgan fingerprint density at radius 3 is 2.74 bits per heavy atom. The number of aromatic nitrogens is 3. The van der Waals surface area contributed by atoms with Crippen molar-refractivity contribution in [3.63, 3.8) is 0 Å². The number of aryl methyl sites for hydroxylation is 2. The van der Waals surface area contributed by atoms with Crippen LogP contribution in [0, 0.1) is 19.8 Å². The molecule has 0 spiro atoms. The van der Waals surface area contributed by atoms with Crippen molar-refractivity contribution in [2.24, 2.45) is 18.0 Å². The number of esters is 1. The Morgan fingerprint density at radius 2 is 2.06 bits per heavy atom. The Kier molecular flexibility index (Phi) is 4.23. The van der Waals surface area contributed by atoms with Crippen LogP contribution in [0.1, 0.15) is 35.5 Å². The predicted molar refractivity (Wildman–Crippen MR) is 115 cm³/mol. The molecule has 1 aromatic carbocycles. The summed E-state index contributed by atoms with van der Waals surface area (Å²) in [4.78, 5) is 31.7. The molecule has 3 atom stereocenters. The summed E-state index contributed by atoms with van der Waals surface area (Å²) in [5.74, 6) is -0.618. The number of ether oxygens (including phenoxy) is 2. The van der Waals surface area contributed by atoms with Gasteiger partial charge in [0, 0.05) is 23.9 Å². The summed E-state index contributed by atoms with van der Waals surface area (Å²) >= 11 is 1.29. The monoisotopic (exact) mass is 438 g/mol. The predicted octanol–water partition coefficient (Wildman–Crippen LogP) is 1.21. The van der Waals surface area contributed by atoms with Gasteiger partial charge in [-0.1, -0.05) is 29.5 Å². The number of nitrogens with zero attached hydrogens (tertiary/aromatic N) is 4.